The summed E-state index contributed by atoms with van der Waals surface area (Å²) in [5, 5.41) is 12.7. The fourth-order valence-electron chi connectivity index (χ4n) is 15.2. The molecule has 7 radical (unpaired) electrons. The number of sulfonamides is 2. The van der Waals surface area contributed by atoms with Crippen LogP contribution in [0.2, 0.25) is 0 Å². The second-order valence-corrected chi connectivity index (χ2v) is 38.6. The highest BCUT2D eigenvalue weighted by atomic mass is 32.2. The predicted molar refractivity (Wildman–Crippen MR) is 470 cm³/mol. The van der Waals surface area contributed by atoms with Crippen molar-refractivity contribution in [2.24, 2.45) is 57.2 Å². The Balaban J connectivity index is 0.000000247. The van der Waals surface area contributed by atoms with Gasteiger partial charge in [-0.05, 0) is 225 Å². The van der Waals surface area contributed by atoms with Gasteiger partial charge in [0.2, 0.25) is 55.4 Å². The number of pyridine rings is 2. The largest absolute Gasteiger partial charge is 0.480 e. The zero-order valence-corrected chi connectivity index (χ0v) is 71.1. The minimum absolute atomic E-state index is 0. The molecule has 627 valence electrons. The number of aromatic nitrogens is 2. The summed E-state index contributed by atoms with van der Waals surface area (Å²) in [6.45, 7) is 30.2. The van der Waals surface area contributed by atoms with Crippen molar-refractivity contribution in [1.82, 2.24) is 29.2 Å². The van der Waals surface area contributed by atoms with E-state index in [2.05, 4.69) is 93.7 Å². The summed E-state index contributed by atoms with van der Waals surface area (Å²) in [6.07, 6.45) is 15.9. The van der Waals surface area contributed by atoms with Crippen LogP contribution in [0.5, 0.6) is 11.8 Å². The number of benzene rings is 2. The molecule has 6 fully saturated rings. The van der Waals surface area contributed by atoms with Gasteiger partial charge in [-0.3, -0.25) is 43.0 Å². The Morgan fingerprint density at radius 1 is 0.729 bits per heavy atom. The molecule has 4 saturated carbocycles. The smallest absolute Gasteiger partial charge is 0.326 e. The van der Waals surface area contributed by atoms with E-state index in [1.54, 1.807) is 37.2 Å². The second kappa shape index (κ2) is 41.5. The first kappa shape index (κ1) is 97.0. The molecule has 3 N–H and O–H groups in total. The molecular formula is C86H117B7N6O17S2-. The lowest BCUT2D eigenvalue weighted by Crippen LogP contribution is -2.49. The SMILES string of the molecule is C.C#CC#CC#CC.C=C[C@@H]1C[C@]1(C)C(=O)NS(=O)(=O)C1CC1.CC[C@@H]1C[C@]1(CC(=O)[C@@H]1C[C@@H]2CN1C(=O)[C@H](C(C)(C)C)CC(=O)[C@@H](C)COCCCc1cc3c(nccc3cc1C)O2)C(=O)NS(=O)(=O)C1CC1.Cc1cc2ccnc3c2cc1CCCOC[C@H](C)C(=O)C[C@@H](C(C)(C)C)C(=O)N1C[C@@H](C[C@H]1C(=O)O)O3.[B]B([B])B([B])[B][BH3-]. The second-order valence-electron chi connectivity index (χ2n) is 34.7. The van der Waals surface area contributed by atoms with Crippen LogP contribution in [0.3, 0.4) is 0 Å². The number of hydrogen-bond donors (Lipinski definition) is 3. The first-order valence-electron chi connectivity index (χ1n) is 40.3. The number of carboxylic acid groups (broad SMARTS) is 1. The summed E-state index contributed by atoms with van der Waals surface area (Å²) in [6, 6.07) is 10.3. The Morgan fingerprint density at radius 2 is 1.18 bits per heavy atom. The molecule has 4 aromatic rings. The quantitative estimate of drug-likeness (QED) is 0.0613. The van der Waals surface area contributed by atoms with Gasteiger partial charge in [-0.25, -0.2) is 31.6 Å². The topological polar surface area (TPSA) is 318 Å². The molecule has 4 aliphatic heterocycles. The molecule has 0 unspecified atom stereocenters. The number of nitrogens with one attached hydrogen (secondary N) is 2. The number of ketones is 3. The molecule has 12 atom stereocenters. The Kier molecular flexibility index (Phi) is 34.1. The van der Waals surface area contributed by atoms with Crippen molar-refractivity contribution >= 4 is 139 Å². The third kappa shape index (κ3) is 25.3. The van der Waals surface area contributed by atoms with Gasteiger partial charge in [0.1, 0.15) is 29.8 Å². The molecule has 23 nitrogen and oxygen atoms in total. The number of nitrogens with zero attached hydrogens (tertiary/aromatic N) is 4. The Bertz CT molecular complexity index is 4770. The number of Topliss-reactive ketones (excluding diaryl/α,β-unsaturated/α-hetero) is 3. The van der Waals surface area contributed by atoms with Crippen molar-refractivity contribution in [3.8, 4) is 47.8 Å². The summed E-state index contributed by atoms with van der Waals surface area (Å²) in [7, 11) is 10.9. The highest BCUT2D eigenvalue weighted by Gasteiger charge is 2.62. The molecule has 8 bridgehead atoms. The monoisotopic (exact) mass is 1650 g/mol. The zero-order chi connectivity index (χ0) is 86.4. The van der Waals surface area contributed by atoms with E-state index in [1.807, 2.05) is 81.5 Å². The summed E-state index contributed by atoms with van der Waals surface area (Å²) >= 11 is 0. The molecule has 4 amide bonds. The van der Waals surface area contributed by atoms with Crippen molar-refractivity contribution in [3.05, 3.63) is 83.7 Å². The number of terminal acetylenes is 1. The minimum atomic E-state index is -3.80. The number of amides is 4. The normalized spacial score (nSPS) is 25.9. The van der Waals surface area contributed by atoms with Crippen LogP contribution < -0.4 is 18.9 Å². The molecule has 0 spiro atoms. The third-order valence-electron chi connectivity index (χ3n) is 23.4. The van der Waals surface area contributed by atoms with E-state index in [0.717, 1.165) is 58.4 Å². The van der Waals surface area contributed by atoms with Gasteiger partial charge < -0.3 is 33.9 Å². The average Bonchev–Trinajstić information content (AvgIpc) is 1.56. The van der Waals surface area contributed by atoms with E-state index in [4.69, 9.17) is 48.6 Å². The fraction of sp³-hybridized carbons (Fsp3) is 0.605. The zero-order valence-electron chi connectivity index (χ0n) is 69.5. The van der Waals surface area contributed by atoms with Crippen LogP contribution in [0.15, 0.2) is 61.4 Å². The molecule has 32 heteroatoms. The third-order valence-corrected chi connectivity index (χ3v) is 27.0. The number of aryl methyl sites for hydroxylation is 4. The van der Waals surface area contributed by atoms with E-state index in [9.17, 15) is 60.3 Å². The Morgan fingerprint density at radius 3 is 1.55 bits per heavy atom. The van der Waals surface area contributed by atoms with Gasteiger partial charge in [-0.2, -0.15) is 7.06 Å². The highest BCUT2D eigenvalue weighted by Crippen LogP contribution is 2.58. The first-order valence-corrected chi connectivity index (χ1v) is 43.4. The number of rotatable bonds is 14. The number of fused-ring (bicyclic) bond motifs is 6. The number of ether oxygens (including phenoxy) is 4. The molecule has 2 saturated heterocycles. The van der Waals surface area contributed by atoms with Crippen molar-refractivity contribution in [2.75, 3.05) is 39.5 Å². The number of allylic oxidation sites excluding steroid dienone is 1. The van der Waals surface area contributed by atoms with Crippen LogP contribution in [0.25, 0.3) is 21.5 Å². The van der Waals surface area contributed by atoms with E-state index in [-0.39, 0.29) is 138 Å². The Hall–Kier alpha value is -8.09. The van der Waals surface area contributed by atoms with E-state index < -0.39 is 101 Å². The lowest BCUT2D eigenvalue weighted by Gasteiger charge is -2.35. The molecule has 6 heterocycles. The van der Waals surface area contributed by atoms with E-state index >= 15 is 0 Å². The predicted octanol–water partition coefficient (Wildman–Crippen LogP) is 7.91. The van der Waals surface area contributed by atoms with Gasteiger partial charge in [0.15, 0.2) is 5.78 Å². The minimum Gasteiger partial charge on any atom is -0.480 e. The van der Waals surface area contributed by atoms with Crippen molar-refractivity contribution in [3.63, 3.8) is 0 Å². The maximum absolute atomic E-state index is 14.6. The number of carboxylic acids is 1. The molecule has 4 aliphatic carbocycles. The molecule has 2 aromatic carbocycles. The van der Waals surface area contributed by atoms with Crippen LogP contribution in [0.1, 0.15) is 196 Å². The lowest BCUT2D eigenvalue weighted by atomic mass is 8.76. The van der Waals surface area contributed by atoms with Gasteiger partial charge in [-0.15, -0.1) is 13.0 Å². The van der Waals surface area contributed by atoms with Crippen LogP contribution >= 0.6 is 0 Å². The van der Waals surface area contributed by atoms with Crippen molar-refractivity contribution < 1.29 is 79.2 Å². The van der Waals surface area contributed by atoms with E-state index in [1.165, 1.54) is 16.0 Å². The Labute approximate surface area is 706 Å². The fourth-order valence-corrected chi connectivity index (χ4v) is 18.0. The van der Waals surface area contributed by atoms with Crippen molar-refractivity contribution in [1.29, 1.82) is 0 Å². The van der Waals surface area contributed by atoms with Crippen LogP contribution in [-0.4, -0.2) is 214 Å². The number of carbonyl (C=O) groups excluding carboxylic acids is 7. The van der Waals surface area contributed by atoms with Crippen molar-refractivity contribution in [2.45, 2.75) is 235 Å². The van der Waals surface area contributed by atoms with Gasteiger partial charge in [0.25, 0.3) is 0 Å². The molecule has 2 aromatic heterocycles. The van der Waals surface area contributed by atoms with Crippen LogP contribution in [0.4, 0.5) is 0 Å². The first-order chi connectivity index (χ1) is 55.0. The van der Waals surface area contributed by atoms with Gasteiger partial charge in [-0.1, -0.05) is 115 Å². The number of hydrogen-bond acceptors (Lipinski definition) is 18. The average molecular weight is 1650 g/mol. The molecular weight excluding hydrogens is 1530 g/mol. The summed E-state index contributed by atoms with van der Waals surface area (Å²) in [5.74, 6) is 7.58. The summed E-state index contributed by atoms with van der Waals surface area (Å²) in [5.41, 5.74) is 1.79. The lowest BCUT2D eigenvalue weighted by molar-refractivity contribution is -0.152. The van der Waals surface area contributed by atoms with Crippen LogP contribution in [-0.2, 0) is 80.7 Å². The highest BCUT2D eigenvalue weighted by molar-refractivity contribution is 7.91. The van der Waals surface area contributed by atoms with E-state index in [0.29, 0.717) is 76.5 Å². The van der Waals surface area contributed by atoms with Crippen LogP contribution in [0, 0.1) is 107 Å². The van der Waals surface area contributed by atoms with Gasteiger partial charge in [0, 0.05) is 92.2 Å². The maximum atomic E-state index is 14.6. The molecule has 12 rings (SSSR count). The number of aliphatic carboxylic acids is 1. The van der Waals surface area contributed by atoms with Gasteiger partial charge >= 0.3 is 5.97 Å². The summed E-state index contributed by atoms with van der Waals surface area (Å²) in [4.78, 5) is 119. The summed E-state index contributed by atoms with van der Waals surface area (Å²) < 4.78 is 77.6. The molecule has 8 aliphatic rings. The van der Waals surface area contributed by atoms with Gasteiger partial charge in [0.05, 0.1) is 53.7 Å². The molecule has 118 heavy (non-hydrogen) atoms. The standard InChI is InChI=1S/C39H53N3O8S.C29H38N2O6.C10H15NO3S.C7H4.CH4.B7H3/c1-7-27-19-39(27,37(46)41-51(47,48)29-10-11-29)20-34(44)32-17-28-21-42(32)36(45)31(38(4,5)6)18-33(43)24(3)22-49-14-8-9-25-16-30-26(15-23(25)2)12-13-40-35(30)50-28;1-17-11-20-8-9-30-26-22(20)12-19(17)7-6-10-36-16-18(2)25(32)14-23(29(3,4)5)27(33)31-15-21(37-26)13-24(31)28(34)35;1-3-7-6-10(7,2)9(12)11-15(13,14)8-4-5-8;1-3-5-7-6-4-2;;1-5-7(4)6(2)3/h12-13,15-16,24,27-29,31-32H,7-11,14,17-22H2,1-6H3,(H,41,46);8-9,11-12,18,21,23-24H,6-7,10,13-16H2,1-5H3,(H,34,35);3,7-8H,1,4-6H2,2H3,(H,11,12);1H,2H3;1H4;1H3/q;;;;;-1/t24-,27+,28+,31+,32-,39+;18-,21+,23+,24-;7-,10+;;;/m001.../s1. The number of carbonyl (C=O) groups is 8. The maximum Gasteiger partial charge on any atom is 0.326 e.